The first-order valence-electron chi connectivity index (χ1n) is 7.62. The van der Waals surface area contributed by atoms with Crippen molar-refractivity contribution in [2.24, 2.45) is 0 Å². The Hall–Kier alpha value is -2.09. The number of nitrogens with zero attached hydrogens (tertiary/aromatic N) is 1. The second-order valence-electron chi connectivity index (χ2n) is 5.99. The van der Waals surface area contributed by atoms with Gasteiger partial charge in [-0.15, -0.1) is 0 Å². The molecule has 0 radical (unpaired) electrons. The highest BCUT2D eigenvalue weighted by atomic mass is 35.5. The molecule has 0 saturated carbocycles. The average Bonchev–Trinajstić information content (AvgIpc) is 2.77. The van der Waals surface area contributed by atoms with Gasteiger partial charge in [-0.25, -0.2) is 12.7 Å². The fourth-order valence-electron chi connectivity index (χ4n) is 2.68. The van der Waals surface area contributed by atoms with Gasteiger partial charge in [0.25, 0.3) is 21.8 Å². The van der Waals surface area contributed by atoms with Crippen LogP contribution in [-0.4, -0.2) is 30.6 Å². The van der Waals surface area contributed by atoms with E-state index in [9.17, 15) is 18.0 Å². The van der Waals surface area contributed by atoms with Crippen LogP contribution in [-0.2, 0) is 10.0 Å². The number of fused-ring (bicyclic) bond motifs is 1. The Labute approximate surface area is 160 Å². The Morgan fingerprint density at radius 2 is 1.77 bits per heavy atom. The highest BCUT2D eigenvalue weighted by Crippen LogP contribution is 2.33. The van der Waals surface area contributed by atoms with Gasteiger partial charge in [0.15, 0.2) is 0 Å². The molecule has 0 unspecified atom stereocenters. The van der Waals surface area contributed by atoms with Crippen LogP contribution in [0.3, 0.4) is 0 Å². The van der Waals surface area contributed by atoms with E-state index >= 15 is 0 Å². The van der Waals surface area contributed by atoms with Crippen molar-refractivity contribution in [2.45, 2.75) is 24.8 Å². The number of sulfonamides is 1. The lowest BCUT2D eigenvalue weighted by Crippen LogP contribution is -2.36. The van der Waals surface area contributed by atoms with E-state index in [-0.39, 0.29) is 21.0 Å². The van der Waals surface area contributed by atoms with Crippen molar-refractivity contribution >= 4 is 50.7 Å². The average molecular weight is 413 g/mol. The third-order valence-electron chi connectivity index (χ3n) is 3.86. The molecule has 26 heavy (non-hydrogen) atoms. The maximum atomic E-state index is 12.6. The lowest BCUT2D eigenvalue weighted by Gasteiger charge is -2.18. The minimum Gasteiger partial charge on any atom is -0.322 e. The van der Waals surface area contributed by atoms with E-state index in [4.69, 9.17) is 23.2 Å². The Kier molecular flexibility index (Phi) is 4.72. The van der Waals surface area contributed by atoms with Gasteiger partial charge in [-0.2, -0.15) is 0 Å². The zero-order valence-corrected chi connectivity index (χ0v) is 16.1. The molecule has 1 aliphatic heterocycles. The summed E-state index contributed by atoms with van der Waals surface area (Å²) in [4.78, 5) is 24.6. The Morgan fingerprint density at radius 3 is 2.38 bits per heavy atom. The molecular formula is C17H14Cl2N2O4S. The maximum Gasteiger partial charge on any atom is 0.269 e. The second-order valence-corrected chi connectivity index (χ2v) is 8.59. The van der Waals surface area contributed by atoms with Gasteiger partial charge in [0.2, 0.25) is 0 Å². The molecular weight excluding hydrogens is 399 g/mol. The van der Waals surface area contributed by atoms with E-state index in [2.05, 4.69) is 5.32 Å². The molecule has 2 amide bonds. The van der Waals surface area contributed by atoms with Gasteiger partial charge in [-0.3, -0.25) is 9.59 Å². The monoisotopic (exact) mass is 412 g/mol. The third-order valence-corrected chi connectivity index (χ3v) is 6.60. The van der Waals surface area contributed by atoms with E-state index in [0.717, 1.165) is 4.31 Å². The molecule has 0 aromatic heterocycles. The summed E-state index contributed by atoms with van der Waals surface area (Å²) in [6, 6.07) is 8.03. The highest BCUT2D eigenvalue weighted by Gasteiger charge is 2.42. The molecule has 0 saturated heterocycles. The number of carbonyl (C=O) groups excluding carboxylic acids is 2. The number of rotatable bonds is 3. The predicted molar refractivity (Wildman–Crippen MR) is 99.3 cm³/mol. The zero-order valence-electron chi connectivity index (χ0n) is 13.8. The highest BCUT2D eigenvalue weighted by molar-refractivity contribution is 7.90. The van der Waals surface area contributed by atoms with Gasteiger partial charge in [0.05, 0.1) is 15.6 Å². The molecule has 3 rings (SSSR count). The number of hydrogen-bond acceptors (Lipinski definition) is 4. The zero-order chi connectivity index (χ0) is 19.2. The summed E-state index contributed by atoms with van der Waals surface area (Å²) in [6.45, 7) is 3.22. The number of amides is 2. The van der Waals surface area contributed by atoms with Crippen molar-refractivity contribution in [1.29, 1.82) is 0 Å². The molecule has 2 aromatic rings. The Bertz CT molecular complexity index is 1040. The minimum atomic E-state index is -3.97. The van der Waals surface area contributed by atoms with Crippen LogP contribution in [0, 0.1) is 0 Å². The number of carbonyl (C=O) groups is 2. The standard InChI is InChI=1S/C17H14Cl2N2O4S/c1-9(2)21-17(23)12-5-3-10(7-15(12)26(21,24)25)16(22)20-11-4-6-13(18)14(19)8-11/h3-9H,1-2H3,(H,20,22). The quantitative estimate of drug-likeness (QED) is 0.830. The van der Waals surface area contributed by atoms with E-state index < -0.39 is 27.9 Å². The first kappa shape index (κ1) is 18.7. The predicted octanol–water partition coefficient (Wildman–Crippen LogP) is 3.80. The van der Waals surface area contributed by atoms with E-state index in [1.807, 2.05) is 0 Å². The summed E-state index contributed by atoms with van der Waals surface area (Å²) in [5.74, 6) is -1.12. The van der Waals surface area contributed by atoms with Crippen LogP contribution in [0.15, 0.2) is 41.3 Å². The summed E-state index contributed by atoms with van der Waals surface area (Å²) in [6.07, 6.45) is 0. The topological polar surface area (TPSA) is 83.6 Å². The fourth-order valence-corrected chi connectivity index (χ4v) is 4.77. The summed E-state index contributed by atoms with van der Waals surface area (Å²) < 4.78 is 26.0. The van der Waals surface area contributed by atoms with Gasteiger partial charge in [0.1, 0.15) is 4.90 Å². The molecule has 0 aliphatic carbocycles. The number of benzene rings is 2. The summed E-state index contributed by atoms with van der Waals surface area (Å²) in [7, 11) is -3.97. The van der Waals surface area contributed by atoms with Crippen LogP contribution in [0.1, 0.15) is 34.6 Å². The maximum absolute atomic E-state index is 12.6. The molecule has 1 heterocycles. The molecule has 136 valence electrons. The van der Waals surface area contributed by atoms with Crippen LogP contribution >= 0.6 is 23.2 Å². The van der Waals surface area contributed by atoms with Crippen LogP contribution in [0.2, 0.25) is 10.0 Å². The fraction of sp³-hybridized carbons (Fsp3) is 0.176. The molecule has 0 spiro atoms. The molecule has 1 N–H and O–H groups in total. The van der Waals surface area contributed by atoms with Crippen molar-refractivity contribution in [3.63, 3.8) is 0 Å². The summed E-state index contributed by atoms with van der Waals surface area (Å²) in [5.41, 5.74) is 0.578. The Morgan fingerprint density at radius 1 is 1.08 bits per heavy atom. The van der Waals surface area contributed by atoms with Gasteiger partial charge >= 0.3 is 0 Å². The largest absolute Gasteiger partial charge is 0.322 e. The van der Waals surface area contributed by atoms with Crippen molar-refractivity contribution in [3.05, 3.63) is 57.6 Å². The Balaban J connectivity index is 1.95. The molecule has 0 bridgehead atoms. The normalized spacial score (nSPS) is 15.3. The lowest BCUT2D eigenvalue weighted by molar-refractivity contribution is 0.0846. The number of halogens is 2. The first-order chi connectivity index (χ1) is 12.1. The van der Waals surface area contributed by atoms with E-state index in [0.29, 0.717) is 10.7 Å². The van der Waals surface area contributed by atoms with Gasteiger partial charge in [-0.1, -0.05) is 23.2 Å². The lowest BCUT2D eigenvalue weighted by atomic mass is 10.1. The van der Waals surface area contributed by atoms with Crippen LogP contribution in [0.25, 0.3) is 0 Å². The molecule has 2 aromatic carbocycles. The summed E-state index contributed by atoms with van der Waals surface area (Å²) in [5, 5.41) is 3.24. The van der Waals surface area contributed by atoms with E-state index in [1.165, 1.54) is 30.3 Å². The van der Waals surface area contributed by atoms with Crippen LogP contribution in [0.4, 0.5) is 5.69 Å². The van der Waals surface area contributed by atoms with Crippen molar-refractivity contribution in [2.75, 3.05) is 5.32 Å². The minimum absolute atomic E-state index is 0.0600. The molecule has 1 aliphatic rings. The van der Waals surface area contributed by atoms with Crippen LogP contribution < -0.4 is 5.32 Å². The van der Waals surface area contributed by atoms with Gasteiger partial charge < -0.3 is 5.32 Å². The SMILES string of the molecule is CC(C)N1C(=O)c2ccc(C(=O)Nc3ccc(Cl)c(Cl)c3)cc2S1(=O)=O. The van der Waals surface area contributed by atoms with Crippen LogP contribution in [0.5, 0.6) is 0 Å². The van der Waals surface area contributed by atoms with Gasteiger partial charge in [-0.05, 0) is 50.2 Å². The number of hydrogen-bond donors (Lipinski definition) is 1. The van der Waals surface area contributed by atoms with E-state index in [1.54, 1.807) is 19.9 Å². The smallest absolute Gasteiger partial charge is 0.269 e. The second kappa shape index (κ2) is 6.57. The van der Waals surface area contributed by atoms with Crippen molar-refractivity contribution < 1.29 is 18.0 Å². The molecule has 0 fully saturated rings. The molecule has 6 nitrogen and oxygen atoms in total. The molecule has 0 atom stereocenters. The van der Waals surface area contributed by atoms with Gasteiger partial charge in [0, 0.05) is 17.3 Å². The third kappa shape index (κ3) is 3.06. The van der Waals surface area contributed by atoms with Crippen molar-refractivity contribution in [1.82, 2.24) is 4.31 Å². The summed E-state index contributed by atoms with van der Waals surface area (Å²) >= 11 is 11.7. The number of nitrogens with one attached hydrogen (secondary N) is 1. The van der Waals surface area contributed by atoms with Crippen molar-refractivity contribution in [3.8, 4) is 0 Å². The first-order valence-corrected chi connectivity index (χ1v) is 9.81. The molecule has 9 heteroatoms. The number of anilines is 1.